The molecule has 0 amide bonds. The Balaban J connectivity index is 3.04. The van der Waals surface area contributed by atoms with Crippen molar-refractivity contribution in [2.24, 2.45) is 0 Å². The predicted octanol–water partition coefficient (Wildman–Crippen LogP) is 3.19. The SMILES string of the molecule is C/C(C=O)=C/c1ccc(F)c(Br)c1. The number of hydrogen-bond donors (Lipinski definition) is 0. The van der Waals surface area contributed by atoms with Gasteiger partial charge in [-0.05, 0) is 52.2 Å². The van der Waals surface area contributed by atoms with E-state index >= 15 is 0 Å². The van der Waals surface area contributed by atoms with Crippen molar-refractivity contribution in [3.8, 4) is 0 Å². The molecule has 68 valence electrons. The highest BCUT2D eigenvalue weighted by Gasteiger charge is 1.98. The molecular formula is C10H8BrFO. The lowest BCUT2D eigenvalue weighted by atomic mass is 10.1. The largest absolute Gasteiger partial charge is 0.298 e. The van der Waals surface area contributed by atoms with Crippen molar-refractivity contribution >= 4 is 28.3 Å². The van der Waals surface area contributed by atoms with Gasteiger partial charge in [-0.3, -0.25) is 4.79 Å². The number of carbonyl (C=O) groups excluding carboxylic acids is 1. The molecule has 0 aliphatic rings. The van der Waals surface area contributed by atoms with E-state index in [0.29, 0.717) is 10.0 Å². The van der Waals surface area contributed by atoms with Gasteiger partial charge in [-0.25, -0.2) is 4.39 Å². The summed E-state index contributed by atoms with van der Waals surface area (Å²) in [6.45, 7) is 1.70. The summed E-state index contributed by atoms with van der Waals surface area (Å²) in [7, 11) is 0. The van der Waals surface area contributed by atoms with E-state index in [9.17, 15) is 9.18 Å². The zero-order valence-electron chi connectivity index (χ0n) is 7.05. The van der Waals surface area contributed by atoms with Gasteiger partial charge in [0.15, 0.2) is 0 Å². The fraction of sp³-hybridized carbons (Fsp3) is 0.100. The molecule has 0 spiro atoms. The molecule has 0 heterocycles. The summed E-state index contributed by atoms with van der Waals surface area (Å²) in [5, 5.41) is 0. The third-order valence-electron chi connectivity index (χ3n) is 1.52. The molecule has 1 nitrogen and oxygen atoms in total. The summed E-state index contributed by atoms with van der Waals surface area (Å²) in [4.78, 5) is 10.3. The molecule has 1 aromatic carbocycles. The molecule has 0 aromatic heterocycles. The Hall–Kier alpha value is -0.960. The Morgan fingerprint density at radius 1 is 1.54 bits per heavy atom. The fourth-order valence-electron chi connectivity index (χ4n) is 0.899. The average Bonchev–Trinajstić information content (AvgIpc) is 2.11. The van der Waals surface area contributed by atoms with E-state index in [4.69, 9.17) is 0 Å². The molecule has 0 atom stereocenters. The van der Waals surface area contributed by atoms with E-state index in [1.165, 1.54) is 6.07 Å². The number of carbonyl (C=O) groups is 1. The Labute approximate surface area is 84.4 Å². The number of rotatable bonds is 2. The van der Waals surface area contributed by atoms with Crippen LogP contribution < -0.4 is 0 Å². The Morgan fingerprint density at radius 3 is 2.77 bits per heavy atom. The highest BCUT2D eigenvalue weighted by molar-refractivity contribution is 9.10. The second kappa shape index (κ2) is 4.33. The van der Waals surface area contributed by atoms with Gasteiger partial charge in [-0.15, -0.1) is 0 Å². The van der Waals surface area contributed by atoms with Crippen LogP contribution in [0.1, 0.15) is 12.5 Å². The van der Waals surface area contributed by atoms with Crippen LogP contribution in [0.3, 0.4) is 0 Å². The van der Waals surface area contributed by atoms with Crippen LogP contribution in [-0.4, -0.2) is 6.29 Å². The zero-order chi connectivity index (χ0) is 9.84. The van der Waals surface area contributed by atoms with Crippen LogP contribution in [0.15, 0.2) is 28.2 Å². The van der Waals surface area contributed by atoms with Crippen molar-refractivity contribution in [2.45, 2.75) is 6.92 Å². The molecule has 13 heavy (non-hydrogen) atoms. The van der Waals surface area contributed by atoms with Crippen LogP contribution in [0.4, 0.5) is 4.39 Å². The van der Waals surface area contributed by atoms with E-state index in [-0.39, 0.29) is 5.82 Å². The highest BCUT2D eigenvalue weighted by atomic mass is 79.9. The first kappa shape index (κ1) is 10.1. The fourth-order valence-corrected chi connectivity index (χ4v) is 1.30. The van der Waals surface area contributed by atoms with Gasteiger partial charge in [0, 0.05) is 0 Å². The van der Waals surface area contributed by atoms with E-state index < -0.39 is 0 Å². The number of halogens is 2. The highest BCUT2D eigenvalue weighted by Crippen LogP contribution is 2.18. The monoisotopic (exact) mass is 242 g/mol. The lowest BCUT2D eigenvalue weighted by Gasteiger charge is -1.97. The Morgan fingerprint density at radius 2 is 2.23 bits per heavy atom. The van der Waals surface area contributed by atoms with E-state index in [1.807, 2.05) is 0 Å². The van der Waals surface area contributed by atoms with E-state index in [0.717, 1.165) is 11.8 Å². The normalized spacial score (nSPS) is 11.5. The van der Waals surface area contributed by atoms with Gasteiger partial charge < -0.3 is 0 Å². The number of benzene rings is 1. The Kier molecular flexibility index (Phi) is 3.37. The second-order valence-electron chi connectivity index (χ2n) is 2.68. The van der Waals surface area contributed by atoms with Crippen LogP contribution in [-0.2, 0) is 4.79 Å². The molecule has 0 aliphatic carbocycles. The maximum absolute atomic E-state index is 12.8. The van der Waals surface area contributed by atoms with Gasteiger partial charge in [-0.2, -0.15) is 0 Å². The van der Waals surface area contributed by atoms with Crippen molar-refractivity contribution in [3.63, 3.8) is 0 Å². The average molecular weight is 243 g/mol. The van der Waals surface area contributed by atoms with Crippen LogP contribution in [0.25, 0.3) is 6.08 Å². The van der Waals surface area contributed by atoms with Gasteiger partial charge >= 0.3 is 0 Å². The molecule has 0 unspecified atom stereocenters. The van der Waals surface area contributed by atoms with Crippen molar-refractivity contribution in [1.29, 1.82) is 0 Å². The Bertz CT molecular complexity index is 358. The van der Waals surface area contributed by atoms with Gasteiger partial charge in [0.1, 0.15) is 12.1 Å². The van der Waals surface area contributed by atoms with E-state index in [2.05, 4.69) is 15.9 Å². The molecule has 0 saturated carbocycles. The minimum absolute atomic E-state index is 0.305. The summed E-state index contributed by atoms with van der Waals surface area (Å²) >= 11 is 3.07. The summed E-state index contributed by atoms with van der Waals surface area (Å²) in [6.07, 6.45) is 2.45. The van der Waals surface area contributed by atoms with Gasteiger partial charge in [0.25, 0.3) is 0 Å². The third kappa shape index (κ3) is 2.77. The first-order valence-electron chi connectivity index (χ1n) is 3.72. The van der Waals surface area contributed by atoms with Gasteiger partial charge in [0.2, 0.25) is 0 Å². The van der Waals surface area contributed by atoms with Crippen LogP contribution >= 0.6 is 15.9 Å². The molecule has 0 radical (unpaired) electrons. The molecule has 0 fully saturated rings. The molecular weight excluding hydrogens is 235 g/mol. The molecule has 1 rings (SSSR count). The van der Waals surface area contributed by atoms with Crippen molar-refractivity contribution in [2.75, 3.05) is 0 Å². The first-order valence-corrected chi connectivity index (χ1v) is 4.51. The van der Waals surface area contributed by atoms with Crippen LogP contribution in [0.5, 0.6) is 0 Å². The van der Waals surface area contributed by atoms with Crippen LogP contribution in [0, 0.1) is 5.82 Å². The summed E-state index contributed by atoms with van der Waals surface area (Å²) in [5.41, 5.74) is 1.41. The molecule has 0 aliphatic heterocycles. The minimum Gasteiger partial charge on any atom is -0.298 e. The minimum atomic E-state index is -0.305. The smallest absolute Gasteiger partial charge is 0.145 e. The number of allylic oxidation sites excluding steroid dienone is 1. The summed E-state index contributed by atoms with van der Waals surface area (Å²) < 4.78 is 13.2. The van der Waals surface area contributed by atoms with Crippen molar-refractivity contribution < 1.29 is 9.18 Å². The molecule has 1 aromatic rings. The van der Waals surface area contributed by atoms with E-state index in [1.54, 1.807) is 25.1 Å². The quantitative estimate of drug-likeness (QED) is 0.575. The van der Waals surface area contributed by atoms with Crippen LogP contribution in [0.2, 0.25) is 0 Å². The second-order valence-corrected chi connectivity index (χ2v) is 3.53. The zero-order valence-corrected chi connectivity index (χ0v) is 8.64. The lowest BCUT2D eigenvalue weighted by Crippen LogP contribution is -1.81. The summed E-state index contributed by atoms with van der Waals surface area (Å²) in [5.74, 6) is -0.305. The molecule has 3 heteroatoms. The number of hydrogen-bond acceptors (Lipinski definition) is 1. The standard InChI is InChI=1S/C10H8BrFO/c1-7(6-13)4-8-2-3-10(12)9(11)5-8/h2-6H,1H3/b7-4-. The third-order valence-corrected chi connectivity index (χ3v) is 2.13. The maximum Gasteiger partial charge on any atom is 0.145 e. The molecule has 0 bridgehead atoms. The summed E-state index contributed by atoms with van der Waals surface area (Å²) in [6, 6.07) is 4.60. The van der Waals surface area contributed by atoms with Gasteiger partial charge in [-0.1, -0.05) is 6.07 Å². The van der Waals surface area contributed by atoms with Gasteiger partial charge in [0.05, 0.1) is 4.47 Å². The number of aldehydes is 1. The topological polar surface area (TPSA) is 17.1 Å². The van der Waals surface area contributed by atoms with Crippen molar-refractivity contribution in [3.05, 3.63) is 39.6 Å². The van der Waals surface area contributed by atoms with Crippen molar-refractivity contribution in [1.82, 2.24) is 0 Å². The lowest BCUT2D eigenvalue weighted by molar-refractivity contribution is -0.104. The predicted molar refractivity (Wildman–Crippen MR) is 53.8 cm³/mol. The maximum atomic E-state index is 12.8. The molecule has 0 N–H and O–H groups in total. The molecule has 0 saturated heterocycles. The first-order chi connectivity index (χ1) is 6.13.